The quantitative estimate of drug-likeness (QED) is 0.830. The van der Waals surface area contributed by atoms with Gasteiger partial charge in [0, 0.05) is 0 Å². The first kappa shape index (κ1) is 10.9. The van der Waals surface area contributed by atoms with Crippen molar-refractivity contribution in [1.29, 1.82) is 0 Å². The van der Waals surface area contributed by atoms with Crippen molar-refractivity contribution >= 4 is 11.8 Å². The maximum Gasteiger partial charge on any atom is 0.415 e. The van der Waals surface area contributed by atoms with E-state index in [1.54, 1.807) is 13.0 Å². The first-order chi connectivity index (χ1) is 7.57. The third kappa shape index (κ3) is 1.63. The van der Waals surface area contributed by atoms with Gasteiger partial charge in [0.15, 0.2) is 0 Å². The van der Waals surface area contributed by atoms with Crippen LogP contribution in [-0.4, -0.2) is 30.0 Å². The molecule has 1 heterocycles. The molecule has 0 bridgehead atoms. The van der Waals surface area contributed by atoms with Crippen LogP contribution in [0.15, 0.2) is 24.3 Å². The van der Waals surface area contributed by atoms with Crippen LogP contribution in [0.25, 0.3) is 0 Å². The Hall–Kier alpha value is -1.62. The van der Waals surface area contributed by atoms with Crippen LogP contribution in [0.3, 0.4) is 0 Å². The van der Waals surface area contributed by atoms with Crippen LogP contribution in [0.1, 0.15) is 6.92 Å². The van der Waals surface area contributed by atoms with E-state index in [2.05, 4.69) is 0 Å². The summed E-state index contributed by atoms with van der Waals surface area (Å²) < 4.78 is 17.9. The van der Waals surface area contributed by atoms with E-state index in [4.69, 9.17) is 4.74 Å². The summed E-state index contributed by atoms with van der Waals surface area (Å²) in [7, 11) is 0. The molecule has 16 heavy (non-hydrogen) atoms. The van der Waals surface area contributed by atoms with E-state index in [-0.39, 0.29) is 13.2 Å². The van der Waals surface area contributed by atoms with Gasteiger partial charge in [-0.3, -0.25) is 4.90 Å². The van der Waals surface area contributed by atoms with Crippen molar-refractivity contribution in [3.05, 3.63) is 30.1 Å². The molecule has 0 aliphatic carbocycles. The van der Waals surface area contributed by atoms with E-state index >= 15 is 0 Å². The fourth-order valence-corrected chi connectivity index (χ4v) is 1.72. The van der Waals surface area contributed by atoms with Gasteiger partial charge in [-0.15, -0.1) is 0 Å². The van der Waals surface area contributed by atoms with E-state index < -0.39 is 17.4 Å². The van der Waals surface area contributed by atoms with Crippen LogP contribution >= 0.6 is 0 Å². The summed E-state index contributed by atoms with van der Waals surface area (Å²) in [5, 5.41) is 9.28. The molecule has 1 saturated heterocycles. The molecule has 1 amide bonds. The average Bonchev–Trinajstić information content (AvgIpc) is 2.56. The minimum atomic E-state index is -0.828. The van der Waals surface area contributed by atoms with Crippen molar-refractivity contribution < 1.29 is 19.0 Å². The third-order valence-electron chi connectivity index (χ3n) is 2.64. The molecule has 1 aromatic carbocycles. The summed E-state index contributed by atoms with van der Waals surface area (Å²) in [6.07, 6.45) is -0.567. The number of halogens is 1. The van der Waals surface area contributed by atoms with Crippen LogP contribution in [0, 0.1) is 5.82 Å². The first-order valence-electron chi connectivity index (χ1n) is 4.90. The highest BCUT2D eigenvalue weighted by molar-refractivity contribution is 5.91. The molecule has 1 aromatic rings. The SMILES string of the molecule is CC1(CO)COC(=O)N1c1cccc(F)c1. The topological polar surface area (TPSA) is 49.8 Å². The largest absolute Gasteiger partial charge is 0.447 e. The third-order valence-corrected chi connectivity index (χ3v) is 2.64. The maximum atomic E-state index is 13.1. The second-order valence-electron chi connectivity index (χ2n) is 4.02. The summed E-state index contributed by atoms with van der Waals surface area (Å²) in [5.74, 6) is -0.433. The lowest BCUT2D eigenvalue weighted by atomic mass is 10.0. The molecule has 1 unspecified atom stereocenters. The minimum absolute atomic E-state index is 0.0961. The van der Waals surface area contributed by atoms with Crippen LogP contribution in [0.5, 0.6) is 0 Å². The molecule has 1 aliphatic heterocycles. The van der Waals surface area contributed by atoms with Gasteiger partial charge in [-0.2, -0.15) is 0 Å². The Labute approximate surface area is 92.2 Å². The highest BCUT2D eigenvalue weighted by Crippen LogP contribution is 2.30. The van der Waals surface area contributed by atoms with Crippen molar-refractivity contribution in [2.75, 3.05) is 18.1 Å². The molecule has 5 heteroatoms. The standard InChI is InChI=1S/C11H12FNO3/c1-11(6-14)7-16-10(15)13(11)9-4-2-3-8(12)5-9/h2-5,14H,6-7H2,1H3. The number of amides is 1. The smallest absolute Gasteiger partial charge is 0.415 e. The van der Waals surface area contributed by atoms with Gasteiger partial charge in [-0.05, 0) is 25.1 Å². The van der Waals surface area contributed by atoms with Crippen LogP contribution < -0.4 is 4.90 Å². The minimum Gasteiger partial charge on any atom is -0.447 e. The molecular weight excluding hydrogens is 213 g/mol. The van der Waals surface area contributed by atoms with Gasteiger partial charge in [0.25, 0.3) is 0 Å². The number of rotatable bonds is 2. The molecule has 0 radical (unpaired) electrons. The molecule has 1 fully saturated rings. The monoisotopic (exact) mass is 225 g/mol. The zero-order valence-electron chi connectivity index (χ0n) is 8.81. The van der Waals surface area contributed by atoms with Crippen LogP contribution in [-0.2, 0) is 4.74 Å². The summed E-state index contributed by atoms with van der Waals surface area (Å²) >= 11 is 0. The van der Waals surface area contributed by atoms with Crippen molar-refractivity contribution in [2.45, 2.75) is 12.5 Å². The number of ether oxygens (including phenoxy) is 1. The molecule has 0 saturated carbocycles. The number of carbonyl (C=O) groups excluding carboxylic acids is 1. The predicted molar refractivity (Wildman–Crippen MR) is 55.7 cm³/mol. The van der Waals surface area contributed by atoms with Gasteiger partial charge in [0.1, 0.15) is 18.0 Å². The summed E-state index contributed by atoms with van der Waals surface area (Å²) in [4.78, 5) is 12.8. The number of cyclic esters (lactones) is 1. The summed E-state index contributed by atoms with van der Waals surface area (Å²) in [5.41, 5.74) is -0.440. The molecule has 0 aromatic heterocycles. The molecule has 4 nitrogen and oxygen atoms in total. The Morgan fingerprint density at radius 1 is 1.62 bits per heavy atom. The highest BCUT2D eigenvalue weighted by atomic mass is 19.1. The summed E-state index contributed by atoms with van der Waals surface area (Å²) in [6, 6.07) is 5.64. The second kappa shape index (κ2) is 3.75. The number of aliphatic hydroxyl groups excluding tert-OH is 1. The maximum absolute atomic E-state index is 13.1. The molecular formula is C11H12FNO3. The second-order valence-corrected chi connectivity index (χ2v) is 4.02. The number of carbonyl (C=O) groups is 1. The molecule has 86 valence electrons. The predicted octanol–water partition coefficient (Wildman–Crippen LogP) is 1.53. The lowest BCUT2D eigenvalue weighted by Crippen LogP contribution is -2.47. The number of benzene rings is 1. The fourth-order valence-electron chi connectivity index (χ4n) is 1.72. The number of aliphatic hydroxyl groups is 1. The lowest BCUT2D eigenvalue weighted by Gasteiger charge is -2.29. The first-order valence-corrected chi connectivity index (χ1v) is 4.90. The molecule has 1 aliphatic rings. The number of anilines is 1. The molecule has 2 rings (SSSR count). The molecule has 1 atom stereocenters. The van der Waals surface area contributed by atoms with E-state index in [1.807, 2.05) is 0 Å². The number of hydrogen-bond acceptors (Lipinski definition) is 3. The van der Waals surface area contributed by atoms with Crippen LogP contribution in [0.4, 0.5) is 14.9 Å². The van der Waals surface area contributed by atoms with E-state index in [1.165, 1.54) is 23.1 Å². The van der Waals surface area contributed by atoms with Gasteiger partial charge in [-0.25, -0.2) is 9.18 Å². The van der Waals surface area contributed by atoms with Gasteiger partial charge in [-0.1, -0.05) is 6.07 Å². The normalized spacial score (nSPS) is 24.7. The Balaban J connectivity index is 2.41. The van der Waals surface area contributed by atoms with Gasteiger partial charge >= 0.3 is 6.09 Å². The number of hydrogen-bond donors (Lipinski definition) is 1. The molecule has 0 spiro atoms. The number of nitrogens with zero attached hydrogens (tertiary/aromatic N) is 1. The van der Waals surface area contributed by atoms with E-state index in [9.17, 15) is 14.3 Å². The van der Waals surface area contributed by atoms with E-state index in [0.717, 1.165) is 0 Å². The Morgan fingerprint density at radius 2 is 2.38 bits per heavy atom. The van der Waals surface area contributed by atoms with Gasteiger partial charge in [0.2, 0.25) is 0 Å². The zero-order chi connectivity index (χ0) is 11.8. The summed E-state index contributed by atoms with van der Waals surface area (Å²) in [6.45, 7) is 1.54. The Kier molecular flexibility index (Phi) is 2.55. The van der Waals surface area contributed by atoms with Gasteiger partial charge < -0.3 is 9.84 Å². The van der Waals surface area contributed by atoms with E-state index in [0.29, 0.717) is 5.69 Å². The van der Waals surface area contributed by atoms with Crippen LogP contribution in [0.2, 0.25) is 0 Å². The Morgan fingerprint density at radius 3 is 3.00 bits per heavy atom. The highest BCUT2D eigenvalue weighted by Gasteiger charge is 2.44. The zero-order valence-corrected chi connectivity index (χ0v) is 8.81. The lowest BCUT2D eigenvalue weighted by molar-refractivity contribution is 0.155. The van der Waals surface area contributed by atoms with Gasteiger partial charge in [0.05, 0.1) is 12.3 Å². The van der Waals surface area contributed by atoms with Crippen molar-refractivity contribution in [2.24, 2.45) is 0 Å². The fraction of sp³-hybridized carbons (Fsp3) is 0.364. The molecule has 1 N–H and O–H groups in total. The van der Waals surface area contributed by atoms with Crippen molar-refractivity contribution in [1.82, 2.24) is 0 Å². The van der Waals surface area contributed by atoms with Crippen molar-refractivity contribution in [3.63, 3.8) is 0 Å². The average molecular weight is 225 g/mol. The van der Waals surface area contributed by atoms with Crippen molar-refractivity contribution in [3.8, 4) is 0 Å². The Bertz CT molecular complexity index is 423.